The number of ether oxygens (including phenoxy) is 1. The van der Waals surface area contributed by atoms with E-state index in [0.29, 0.717) is 12.5 Å². The molecular weight excluding hydrogens is 190 g/mol. The SMILES string of the molecule is CCOc1cccc(NCCCCN)n1. The summed E-state index contributed by atoms with van der Waals surface area (Å²) in [5.74, 6) is 1.53. The van der Waals surface area contributed by atoms with Crippen LogP contribution in [0.3, 0.4) is 0 Å². The molecule has 84 valence electrons. The molecule has 0 fully saturated rings. The Morgan fingerprint density at radius 2 is 2.27 bits per heavy atom. The van der Waals surface area contributed by atoms with Gasteiger partial charge in [0.15, 0.2) is 0 Å². The van der Waals surface area contributed by atoms with Gasteiger partial charge in [-0.3, -0.25) is 0 Å². The molecule has 0 aliphatic rings. The van der Waals surface area contributed by atoms with Crippen LogP contribution >= 0.6 is 0 Å². The number of rotatable bonds is 7. The average Bonchev–Trinajstić information content (AvgIpc) is 2.26. The Labute approximate surface area is 90.8 Å². The van der Waals surface area contributed by atoms with Crippen molar-refractivity contribution in [3.05, 3.63) is 18.2 Å². The lowest BCUT2D eigenvalue weighted by atomic mass is 10.3. The van der Waals surface area contributed by atoms with E-state index >= 15 is 0 Å². The van der Waals surface area contributed by atoms with E-state index in [0.717, 1.165) is 31.7 Å². The van der Waals surface area contributed by atoms with Crippen molar-refractivity contribution in [2.45, 2.75) is 19.8 Å². The van der Waals surface area contributed by atoms with Gasteiger partial charge in [-0.25, -0.2) is 0 Å². The van der Waals surface area contributed by atoms with Crippen LogP contribution < -0.4 is 15.8 Å². The highest BCUT2D eigenvalue weighted by molar-refractivity contribution is 5.36. The second-order valence-electron chi connectivity index (χ2n) is 3.22. The smallest absolute Gasteiger partial charge is 0.215 e. The summed E-state index contributed by atoms with van der Waals surface area (Å²) in [4.78, 5) is 4.30. The second kappa shape index (κ2) is 7.06. The Balaban J connectivity index is 2.36. The number of nitrogens with two attached hydrogens (primary N) is 1. The van der Waals surface area contributed by atoms with Crippen molar-refractivity contribution in [3.63, 3.8) is 0 Å². The van der Waals surface area contributed by atoms with Gasteiger partial charge in [-0.1, -0.05) is 6.07 Å². The number of pyridine rings is 1. The molecule has 1 aromatic rings. The van der Waals surface area contributed by atoms with Crippen molar-refractivity contribution in [3.8, 4) is 5.88 Å². The number of unbranched alkanes of at least 4 members (excludes halogenated alkanes) is 1. The van der Waals surface area contributed by atoms with Gasteiger partial charge in [0.1, 0.15) is 5.82 Å². The zero-order valence-electron chi connectivity index (χ0n) is 9.20. The topological polar surface area (TPSA) is 60.2 Å². The summed E-state index contributed by atoms with van der Waals surface area (Å²) in [7, 11) is 0. The summed E-state index contributed by atoms with van der Waals surface area (Å²) in [6, 6.07) is 5.72. The third-order valence-corrected chi connectivity index (χ3v) is 1.95. The number of hydrogen-bond acceptors (Lipinski definition) is 4. The first-order valence-corrected chi connectivity index (χ1v) is 5.40. The largest absolute Gasteiger partial charge is 0.478 e. The summed E-state index contributed by atoms with van der Waals surface area (Å²) in [5, 5.41) is 3.23. The van der Waals surface area contributed by atoms with Gasteiger partial charge in [0.2, 0.25) is 5.88 Å². The van der Waals surface area contributed by atoms with Gasteiger partial charge < -0.3 is 15.8 Å². The molecule has 0 aromatic carbocycles. The van der Waals surface area contributed by atoms with Crippen LogP contribution in [0.15, 0.2) is 18.2 Å². The fraction of sp³-hybridized carbons (Fsp3) is 0.545. The van der Waals surface area contributed by atoms with Crippen LogP contribution in [0, 0.1) is 0 Å². The van der Waals surface area contributed by atoms with Crippen LogP contribution in [-0.4, -0.2) is 24.7 Å². The molecular formula is C11H19N3O. The first kappa shape index (κ1) is 11.8. The van der Waals surface area contributed by atoms with Crippen molar-refractivity contribution >= 4 is 5.82 Å². The summed E-state index contributed by atoms with van der Waals surface area (Å²) in [6.45, 7) is 4.24. The summed E-state index contributed by atoms with van der Waals surface area (Å²) in [5.41, 5.74) is 5.41. The van der Waals surface area contributed by atoms with Gasteiger partial charge in [-0.15, -0.1) is 0 Å². The Kier molecular flexibility index (Phi) is 5.55. The maximum Gasteiger partial charge on any atom is 0.215 e. The zero-order chi connectivity index (χ0) is 10.9. The van der Waals surface area contributed by atoms with Gasteiger partial charge in [0.25, 0.3) is 0 Å². The molecule has 1 rings (SSSR count). The molecule has 3 N–H and O–H groups in total. The number of aromatic nitrogens is 1. The third kappa shape index (κ3) is 4.65. The Morgan fingerprint density at radius 1 is 1.40 bits per heavy atom. The van der Waals surface area contributed by atoms with Crippen LogP contribution in [0.25, 0.3) is 0 Å². The number of nitrogens with one attached hydrogen (secondary N) is 1. The van der Waals surface area contributed by atoms with E-state index in [-0.39, 0.29) is 0 Å². The first-order valence-electron chi connectivity index (χ1n) is 5.40. The maximum atomic E-state index is 5.41. The maximum absolute atomic E-state index is 5.41. The number of nitrogens with zero attached hydrogens (tertiary/aromatic N) is 1. The molecule has 0 spiro atoms. The van der Waals surface area contributed by atoms with Crippen molar-refractivity contribution in [1.82, 2.24) is 4.98 Å². The Morgan fingerprint density at radius 3 is 3.00 bits per heavy atom. The molecule has 4 nitrogen and oxygen atoms in total. The minimum Gasteiger partial charge on any atom is -0.478 e. The van der Waals surface area contributed by atoms with E-state index in [9.17, 15) is 0 Å². The number of anilines is 1. The molecule has 0 saturated carbocycles. The fourth-order valence-corrected chi connectivity index (χ4v) is 1.23. The van der Waals surface area contributed by atoms with E-state index < -0.39 is 0 Å². The second-order valence-corrected chi connectivity index (χ2v) is 3.22. The van der Waals surface area contributed by atoms with Crippen molar-refractivity contribution < 1.29 is 4.74 Å². The van der Waals surface area contributed by atoms with Crippen LogP contribution in [0.5, 0.6) is 5.88 Å². The normalized spacial score (nSPS) is 10.0. The highest BCUT2D eigenvalue weighted by Crippen LogP contribution is 2.11. The molecule has 0 aliphatic carbocycles. The lowest BCUT2D eigenvalue weighted by Crippen LogP contribution is -2.07. The molecule has 0 atom stereocenters. The van der Waals surface area contributed by atoms with Gasteiger partial charge in [0.05, 0.1) is 6.61 Å². The lowest BCUT2D eigenvalue weighted by molar-refractivity contribution is 0.327. The lowest BCUT2D eigenvalue weighted by Gasteiger charge is -2.07. The molecule has 0 bridgehead atoms. The van der Waals surface area contributed by atoms with Crippen LogP contribution in [-0.2, 0) is 0 Å². The highest BCUT2D eigenvalue weighted by atomic mass is 16.5. The first-order chi connectivity index (χ1) is 7.36. The predicted octanol–water partition coefficient (Wildman–Crippen LogP) is 1.63. The quantitative estimate of drug-likeness (QED) is 0.670. The zero-order valence-corrected chi connectivity index (χ0v) is 9.20. The van der Waals surface area contributed by atoms with E-state index in [1.54, 1.807) is 0 Å². The summed E-state index contributed by atoms with van der Waals surface area (Å²) >= 11 is 0. The van der Waals surface area contributed by atoms with Gasteiger partial charge >= 0.3 is 0 Å². The van der Waals surface area contributed by atoms with Crippen LogP contribution in [0.4, 0.5) is 5.82 Å². The van der Waals surface area contributed by atoms with E-state index in [1.165, 1.54) is 0 Å². The third-order valence-electron chi connectivity index (χ3n) is 1.95. The van der Waals surface area contributed by atoms with Crippen LogP contribution in [0.1, 0.15) is 19.8 Å². The van der Waals surface area contributed by atoms with Crippen molar-refractivity contribution in [1.29, 1.82) is 0 Å². The number of hydrogen-bond donors (Lipinski definition) is 2. The van der Waals surface area contributed by atoms with Crippen molar-refractivity contribution in [2.24, 2.45) is 5.73 Å². The molecule has 4 heteroatoms. The molecule has 0 radical (unpaired) electrons. The van der Waals surface area contributed by atoms with Crippen molar-refractivity contribution in [2.75, 3.05) is 25.0 Å². The van der Waals surface area contributed by atoms with E-state index in [1.807, 2.05) is 25.1 Å². The molecule has 0 aliphatic heterocycles. The molecule has 1 aromatic heterocycles. The Hall–Kier alpha value is -1.29. The summed E-state index contributed by atoms with van der Waals surface area (Å²) in [6.07, 6.45) is 2.11. The minimum absolute atomic E-state index is 0.642. The molecule has 0 amide bonds. The molecule has 1 heterocycles. The molecule has 15 heavy (non-hydrogen) atoms. The molecule has 0 saturated heterocycles. The van der Waals surface area contributed by atoms with Gasteiger partial charge in [-0.05, 0) is 32.4 Å². The van der Waals surface area contributed by atoms with E-state index in [2.05, 4.69) is 10.3 Å². The Bertz CT molecular complexity index is 278. The standard InChI is InChI=1S/C11H19N3O/c1-2-15-11-7-5-6-10(14-11)13-9-4-3-8-12/h5-7H,2-4,8-9,12H2,1H3,(H,13,14). The monoisotopic (exact) mass is 209 g/mol. The predicted molar refractivity (Wildman–Crippen MR) is 62.2 cm³/mol. The van der Waals surface area contributed by atoms with Gasteiger partial charge in [-0.2, -0.15) is 4.98 Å². The summed E-state index contributed by atoms with van der Waals surface area (Å²) < 4.78 is 5.30. The fourth-order valence-electron chi connectivity index (χ4n) is 1.23. The van der Waals surface area contributed by atoms with E-state index in [4.69, 9.17) is 10.5 Å². The average molecular weight is 209 g/mol. The highest BCUT2D eigenvalue weighted by Gasteiger charge is 1.96. The minimum atomic E-state index is 0.642. The van der Waals surface area contributed by atoms with Gasteiger partial charge in [0, 0.05) is 12.6 Å². The molecule has 0 unspecified atom stereocenters. The van der Waals surface area contributed by atoms with Crippen LogP contribution in [0.2, 0.25) is 0 Å².